The summed E-state index contributed by atoms with van der Waals surface area (Å²) in [5, 5.41) is 2.51. The topological polar surface area (TPSA) is 3.24 Å². The van der Waals surface area contributed by atoms with Gasteiger partial charge in [-0.05, 0) is 109 Å². The first kappa shape index (κ1) is 32.0. The Bertz CT molecular complexity index is 2640. The average molecular weight is 676 g/mol. The maximum absolute atomic E-state index is 2.37. The number of hydrogen-bond donors (Lipinski definition) is 0. The van der Waals surface area contributed by atoms with E-state index in [1.54, 1.807) is 0 Å². The summed E-state index contributed by atoms with van der Waals surface area (Å²) < 4.78 is 0. The Morgan fingerprint density at radius 2 is 0.679 bits per heavy atom. The summed E-state index contributed by atoms with van der Waals surface area (Å²) in [5.74, 6) is 0. The zero-order chi connectivity index (χ0) is 35.4. The van der Waals surface area contributed by atoms with E-state index in [0.29, 0.717) is 0 Å². The normalized spacial score (nSPS) is 11.0. The molecule has 0 N–H and O–H groups in total. The Balaban J connectivity index is 1.16. The molecular formula is C52H37N. The van der Waals surface area contributed by atoms with E-state index >= 15 is 0 Å². The molecule has 0 aromatic heterocycles. The van der Waals surface area contributed by atoms with Crippen molar-refractivity contribution >= 4 is 27.8 Å². The van der Waals surface area contributed by atoms with Crippen molar-refractivity contribution in [2.75, 3.05) is 4.90 Å². The van der Waals surface area contributed by atoms with E-state index < -0.39 is 0 Å². The van der Waals surface area contributed by atoms with Crippen molar-refractivity contribution in [3.05, 3.63) is 224 Å². The van der Waals surface area contributed by atoms with Gasteiger partial charge in [-0.15, -0.1) is 0 Å². The lowest BCUT2D eigenvalue weighted by Crippen LogP contribution is -2.10. The van der Waals surface area contributed by atoms with Gasteiger partial charge in [0.1, 0.15) is 0 Å². The van der Waals surface area contributed by atoms with Gasteiger partial charge in [0.2, 0.25) is 0 Å². The van der Waals surface area contributed by atoms with E-state index in [2.05, 4.69) is 229 Å². The van der Waals surface area contributed by atoms with Crippen molar-refractivity contribution < 1.29 is 0 Å². The highest BCUT2D eigenvalue weighted by Gasteiger charge is 2.16. The predicted octanol–water partition coefficient (Wildman–Crippen LogP) is 14.6. The van der Waals surface area contributed by atoms with Gasteiger partial charge in [0.05, 0.1) is 0 Å². The number of nitrogens with zero attached hydrogens (tertiary/aromatic N) is 1. The average Bonchev–Trinajstić information content (AvgIpc) is 3.25. The van der Waals surface area contributed by atoms with Crippen molar-refractivity contribution in [2.45, 2.75) is 0 Å². The first-order chi connectivity index (χ1) is 26.3. The SMILES string of the molecule is c1ccc(-c2cccc(N(c3ccc(-c4cccc5ccccc45)cc3)c3cccc(-c4ccc(-c5ccccc5)c(-c5ccccc5)c4)c3)c2)cc1. The molecule has 1 heteroatoms. The van der Waals surface area contributed by atoms with Gasteiger partial charge in [0.25, 0.3) is 0 Å². The summed E-state index contributed by atoms with van der Waals surface area (Å²) in [6.45, 7) is 0. The zero-order valence-electron chi connectivity index (χ0n) is 29.3. The van der Waals surface area contributed by atoms with Crippen LogP contribution in [0.5, 0.6) is 0 Å². The summed E-state index contributed by atoms with van der Waals surface area (Å²) in [7, 11) is 0. The lowest BCUT2D eigenvalue weighted by molar-refractivity contribution is 1.28. The molecule has 1 nitrogen and oxygen atoms in total. The van der Waals surface area contributed by atoms with E-state index in [1.807, 2.05) is 0 Å². The van der Waals surface area contributed by atoms with Crippen molar-refractivity contribution in [3.8, 4) is 55.6 Å². The Morgan fingerprint density at radius 1 is 0.226 bits per heavy atom. The standard InChI is InChI=1S/C52H37N/c1-4-15-38(16-5-1)43-23-12-25-47(35-43)53(46-32-29-42(30-33-46)50-28-14-22-40-21-10-11-27-49(40)50)48-26-13-24-44(36-48)45-31-34-51(39-17-6-2-7-18-39)52(37-45)41-19-8-3-9-20-41/h1-37H. The van der Waals surface area contributed by atoms with E-state index in [1.165, 1.54) is 60.8 Å². The van der Waals surface area contributed by atoms with Crippen LogP contribution in [0.3, 0.4) is 0 Å². The lowest BCUT2D eigenvalue weighted by Gasteiger charge is -2.27. The van der Waals surface area contributed by atoms with Crippen LogP contribution in [0.2, 0.25) is 0 Å². The van der Waals surface area contributed by atoms with E-state index in [9.17, 15) is 0 Å². The van der Waals surface area contributed by atoms with E-state index in [-0.39, 0.29) is 0 Å². The van der Waals surface area contributed by atoms with Gasteiger partial charge in [-0.2, -0.15) is 0 Å². The fourth-order valence-electron chi connectivity index (χ4n) is 7.44. The van der Waals surface area contributed by atoms with Crippen LogP contribution in [-0.2, 0) is 0 Å². The summed E-state index contributed by atoms with van der Waals surface area (Å²) in [4.78, 5) is 2.37. The van der Waals surface area contributed by atoms with Gasteiger partial charge in [-0.25, -0.2) is 0 Å². The second-order valence-corrected chi connectivity index (χ2v) is 13.4. The van der Waals surface area contributed by atoms with Crippen LogP contribution in [0.1, 0.15) is 0 Å². The molecule has 0 unspecified atom stereocenters. The van der Waals surface area contributed by atoms with Gasteiger partial charge in [-0.1, -0.05) is 182 Å². The predicted molar refractivity (Wildman–Crippen MR) is 226 cm³/mol. The number of fused-ring (bicyclic) bond motifs is 1. The van der Waals surface area contributed by atoms with Crippen LogP contribution in [0.15, 0.2) is 224 Å². The van der Waals surface area contributed by atoms with Crippen LogP contribution in [0.25, 0.3) is 66.4 Å². The summed E-state index contributed by atoms with van der Waals surface area (Å²) in [5.41, 5.74) is 15.3. The number of benzene rings is 9. The monoisotopic (exact) mass is 675 g/mol. The Labute approximate surface area is 311 Å². The second-order valence-electron chi connectivity index (χ2n) is 13.4. The number of hydrogen-bond acceptors (Lipinski definition) is 1. The Hall–Kier alpha value is -6.96. The van der Waals surface area contributed by atoms with Crippen LogP contribution in [0, 0.1) is 0 Å². The second kappa shape index (κ2) is 14.3. The minimum Gasteiger partial charge on any atom is -0.310 e. The molecule has 9 aromatic carbocycles. The van der Waals surface area contributed by atoms with Gasteiger partial charge in [0.15, 0.2) is 0 Å². The van der Waals surface area contributed by atoms with Crippen molar-refractivity contribution in [1.82, 2.24) is 0 Å². The fourth-order valence-corrected chi connectivity index (χ4v) is 7.44. The molecule has 0 atom stereocenters. The minimum atomic E-state index is 1.10. The molecule has 0 heterocycles. The Morgan fingerprint density at radius 3 is 1.34 bits per heavy atom. The van der Waals surface area contributed by atoms with E-state index in [4.69, 9.17) is 0 Å². The summed E-state index contributed by atoms with van der Waals surface area (Å²) >= 11 is 0. The van der Waals surface area contributed by atoms with Crippen molar-refractivity contribution in [1.29, 1.82) is 0 Å². The third kappa shape index (κ3) is 6.53. The highest BCUT2D eigenvalue weighted by atomic mass is 15.1. The zero-order valence-corrected chi connectivity index (χ0v) is 29.3. The largest absolute Gasteiger partial charge is 0.310 e. The quantitative estimate of drug-likeness (QED) is 0.155. The van der Waals surface area contributed by atoms with E-state index in [0.717, 1.165) is 22.6 Å². The molecule has 0 aliphatic heterocycles. The number of rotatable bonds is 8. The number of anilines is 3. The van der Waals surface area contributed by atoms with Crippen LogP contribution < -0.4 is 4.90 Å². The highest BCUT2D eigenvalue weighted by Crippen LogP contribution is 2.41. The minimum absolute atomic E-state index is 1.10. The molecule has 53 heavy (non-hydrogen) atoms. The maximum Gasteiger partial charge on any atom is 0.0467 e. The van der Waals surface area contributed by atoms with Gasteiger partial charge < -0.3 is 4.90 Å². The molecule has 250 valence electrons. The molecule has 0 aliphatic carbocycles. The molecule has 0 saturated heterocycles. The van der Waals surface area contributed by atoms with Crippen LogP contribution in [0.4, 0.5) is 17.1 Å². The van der Waals surface area contributed by atoms with Crippen molar-refractivity contribution in [2.24, 2.45) is 0 Å². The molecule has 9 rings (SSSR count). The third-order valence-electron chi connectivity index (χ3n) is 10.1. The molecule has 0 fully saturated rings. The third-order valence-corrected chi connectivity index (χ3v) is 10.1. The lowest BCUT2D eigenvalue weighted by atomic mass is 9.91. The van der Waals surface area contributed by atoms with Crippen LogP contribution in [-0.4, -0.2) is 0 Å². The smallest absolute Gasteiger partial charge is 0.0467 e. The molecule has 0 spiro atoms. The fraction of sp³-hybridized carbons (Fsp3) is 0. The molecule has 0 aliphatic rings. The molecule has 0 saturated carbocycles. The molecule has 0 radical (unpaired) electrons. The maximum atomic E-state index is 2.37. The van der Waals surface area contributed by atoms with Crippen molar-refractivity contribution in [3.63, 3.8) is 0 Å². The first-order valence-corrected chi connectivity index (χ1v) is 18.2. The molecule has 0 bridgehead atoms. The van der Waals surface area contributed by atoms with Crippen LogP contribution >= 0.6 is 0 Å². The van der Waals surface area contributed by atoms with Gasteiger partial charge in [0, 0.05) is 17.1 Å². The highest BCUT2D eigenvalue weighted by molar-refractivity contribution is 5.97. The van der Waals surface area contributed by atoms with Gasteiger partial charge in [-0.3, -0.25) is 0 Å². The van der Waals surface area contributed by atoms with Gasteiger partial charge >= 0.3 is 0 Å². The molecule has 0 amide bonds. The Kier molecular flexibility index (Phi) is 8.66. The first-order valence-electron chi connectivity index (χ1n) is 18.2. The molecular weight excluding hydrogens is 639 g/mol. The summed E-state index contributed by atoms with van der Waals surface area (Å²) in [6, 6.07) is 80.8. The molecule has 9 aromatic rings. The summed E-state index contributed by atoms with van der Waals surface area (Å²) in [6.07, 6.45) is 0.